The first kappa shape index (κ1) is 23.0. The van der Waals surface area contributed by atoms with E-state index in [9.17, 15) is 14.7 Å². The molecule has 0 bridgehead atoms. The zero-order valence-electron chi connectivity index (χ0n) is 18.6. The first-order valence-electron chi connectivity index (χ1n) is 10.6. The van der Waals surface area contributed by atoms with Crippen molar-refractivity contribution in [2.45, 2.75) is 38.2 Å². The van der Waals surface area contributed by atoms with Crippen LogP contribution in [0.2, 0.25) is 0 Å². The van der Waals surface area contributed by atoms with Gasteiger partial charge in [-0.3, -0.25) is 15.1 Å². The van der Waals surface area contributed by atoms with E-state index in [-0.39, 0.29) is 35.4 Å². The van der Waals surface area contributed by atoms with Gasteiger partial charge in [0.2, 0.25) is 0 Å². The molecule has 2 amide bonds. The van der Waals surface area contributed by atoms with E-state index in [2.05, 4.69) is 40.9 Å². The normalized spacial score (nSPS) is 13.1. The van der Waals surface area contributed by atoms with Crippen LogP contribution in [0.25, 0.3) is 0 Å². The van der Waals surface area contributed by atoms with Crippen LogP contribution >= 0.6 is 0 Å². The first-order chi connectivity index (χ1) is 16.3. The molecule has 176 valence electrons. The van der Waals surface area contributed by atoms with E-state index in [1.807, 2.05) is 0 Å². The van der Waals surface area contributed by atoms with Crippen LogP contribution in [0.5, 0.6) is 5.88 Å². The number of aromatic nitrogens is 5. The van der Waals surface area contributed by atoms with Crippen molar-refractivity contribution in [2.75, 3.05) is 17.2 Å². The quantitative estimate of drug-likeness (QED) is 0.389. The predicted octanol–water partition coefficient (Wildman–Crippen LogP) is 2.39. The molecule has 12 nitrogen and oxygen atoms in total. The van der Waals surface area contributed by atoms with Crippen molar-refractivity contribution in [3.63, 3.8) is 0 Å². The molecule has 0 unspecified atom stereocenters. The Morgan fingerprint density at radius 2 is 1.91 bits per heavy atom. The topological polar surface area (TPSA) is 164 Å². The fraction of sp³-hybridized carbons (Fsp3) is 0.318. The van der Waals surface area contributed by atoms with E-state index in [4.69, 9.17) is 4.74 Å². The van der Waals surface area contributed by atoms with Crippen LogP contribution in [0.4, 0.5) is 22.0 Å². The van der Waals surface area contributed by atoms with Gasteiger partial charge in [0.15, 0.2) is 5.82 Å². The highest BCUT2D eigenvalue weighted by Crippen LogP contribution is 2.40. The molecule has 3 aromatic rings. The second-order valence-corrected chi connectivity index (χ2v) is 8.41. The molecule has 3 aromatic heterocycles. The third-order valence-corrected chi connectivity index (χ3v) is 4.75. The van der Waals surface area contributed by atoms with Crippen LogP contribution in [-0.2, 0) is 0 Å². The maximum absolute atomic E-state index is 12.7. The predicted molar refractivity (Wildman–Crippen MR) is 122 cm³/mol. The summed E-state index contributed by atoms with van der Waals surface area (Å²) >= 11 is 0. The summed E-state index contributed by atoms with van der Waals surface area (Å²) in [5, 5.41) is 18.0. The molecule has 1 fully saturated rings. The molecule has 1 saturated carbocycles. The molecule has 0 aliphatic heterocycles. The summed E-state index contributed by atoms with van der Waals surface area (Å²) in [6.45, 7) is 3.17. The van der Waals surface area contributed by atoms with Gasteiger partial charge in [-0.2, -0.15) is 0 Å². The molecular weight excluding hydrogens is 440 g/mol. The number of pyridine rings is 1. The number of carbonyl (C=O) groups excluding carboxylic acids is 2. The minimum absolute atomic E-state index is 0.0253. The lowest BCUT2D eigenvalue weighted by Crippen LogP contribution is -2.38. The molecule has 1 aliphatic rings. The van der Waals surface area contributed by atoms with Gasteiger partial charge < -0.3 is 20.5 Å². The highest BCUT2D eigenvalue weighted by atomic mass is 16.6. The second-order valence-electron chi connectivity index (χ2n) is 8.41. The van der Waals surface area contributed by atoms with Gasteiger partial charge in [0.05, 0.1) is 53.0 Å². The lowest BCUT2D eigenvalue weighted by atomic mass is 10.1. The molecule has 4 rings (SSSR count). The SMILES string of the molecule is CC(C)(O)CNC(=O)c1ccncc1NC(=O)Oc1nc(C2CC2)cnc1Nc1cncnc1. The number of anilines is 3. The molecule has 3 heterocycles. The summed E-state index contributed by atoms with van der Waals surface area (Å²) in [4.78, 5) is 45.9. The van der Waals surface area contributed by atoms with Crippen LogP contribution in [0, 0.1) is 0 Å². The van der Waals surface area contributed by atoms with Gasteiger partial charge in [0, 0.05) is 18.7 Å². The van der Waals surface area contributed by atoms with Crippen LogP contribution in [-0.4, -0.2) is 54.2 Å². The van der Waals surface area contributed by atoms with Crippen molar-refractivity contribution in [1.29, 1.82) is 0 Å². The van der Waals surface area contributed by atoms with Crippen molar-refractivity contribution in [1.82, 2.24) is 30.2 Å². The number of hydrogen-bond acceptors (Lipinski definition) is 10. The fourth-order valence-electron chi connectivity index (χ4n) is 2.93. The number of nitrogens with zero attached hydrogens (tertiary/aromatic N) is 5. The molecule has 0 atom stereocenters. The standard InChI is InChI=1S/C22H24N8O4/c1-22(2,33)11-27-19(31)15-5-6-23-9-17(15)30-21(32)34-20-18(28-14-7-24-12-25-8-14)26-10-16(29-20)13-3-4-13/h5-10,12-13,33H,3-4,11H2,1-2H3,(H,26,28)(H,27,31)(H,30,32). The van der Waals surface area contributed by atoms with Crippen LogP contribution in [0.15, 0.2) is 43.4 Å². The number of amides is 2. The van der Waals surface area contributed by atoms with E-state index in [0.717, 1.165) is 18.5 Å². The average molecular weight is 464 g/mol. The van der Waals surface area contributed by atoms with Crippen LogP contribution in [0.1, 0.15) is 48.7 Å². The fourth-order valence-corrected chi connectivity index (χ4v) is 2.93. The average Bonchev–Trinajstić information content (AvgIpc) is 3.65. The van der Waals surface area contributed by atoms with Crippen molar-refractivity contribution in [3.8, 4) is 5.88 Å². The minimum atomic E-state index is -1.09. The Bertz CT molecular complexity index is 1180. The van der Waals surface area contributed by atoms with Gasteiger partial charge in [0.1, 0.15) is 6.33 Å². The Hall–Kier alpha value is -4.19. The molecule has 0 saturated heterocycles. The summed E-state index contributed by atoms with van der Waals surface area (Å²) in [6, 6.07) is 1.45. The molecule has 1 aliphatic carbocycles. The van der Waals surface area contributed by atoms with Gasteiger partial charge >= 0.3 is 6.09 Å². The third-order valence-electron chi connectivity index (χ3n) is 4.75. The molecule has 0 radical (unpaired) electrons. The van der Waals surface area contributed by atoms with Crippen molar-refractivity contribution >= 4 is 29.2 Å². The Kier molecular flexibility index (Phi) is 6.59. The summed E-state index contributed by atoms with van der Waals surface area (Å²) in [7, 11) is 0. The van der Waals surface area contributed by atoms with Crippen molar-refractivity contribution in [2.24, 2.45) is 0 Å². The molecule has 34 heavy (non-hydrogen) atoms. The van der Waals surface area contributed by atoms with Crippen LogP contribution in [0.3, 0.4) is 0 Å². The van der Waals surface area contributed by atoms with Crippen molar-refractivity contribution < 1.29 is 19.4 Å². The Balaban J connectivity index is 1.51. The molecule has 0 spiro atoms. The van der Waals surface area contributed by atoms with Gasteiger partial charge in [0.25, 0.3) is 11.8 Å². The molecule has 4 N–H and O–H groups in total. The Labute approximate surface area is 195 Å². The number of carbonyl (C=O) groups is 2. The van der Waals surface area contributed by atoms with Crippen LogP contribution < -0.4 is 20.7 Å². The maximum atomic E-state index is 12.7. The number of hydrogen-bond donors (Lipinski definition) is 4. The molecular formula is C22H24N8O4. The summed E-state index contributed by atoms with van der Waals surface area (Å²) in [5.74, 6) is -0.00967. The van der Waals surface area contributed by atoms with E-state index in [1.165, 1.54) is 24.8 Å². The zero-order chi connectivity index (χ0) is 24.1. The van der Waals surface area contributed by atoms with E-state index in [0.29, 0.717) is 5.69 Å². The van der Waals surface area contributed by atoms with E-state index < -0.39 is 17.6 Å². The maximum Gasteiger partial charge on any atom is 0.418 e. The minimum Gasteiger partial charge on any atom is -0.389 e. The number of aliphatic hydroxyl groups is 1. The van der Waals surface area contributed by atoms with Gasteiger partial charge in [-0.05, 0) is 32.8 Å². The Morgan fingerprint density at radius 3 is 2.62 bits per heavy atom. The van der Waals surface area contributed by atoms with Gasteiger partial charge in [-0.1, -0.05) is 0 Å². The Morgan fingerprint density at radius 1 is 1.15 bits per heavy atom. The van der Waals surface area contributed by atoms with E-state index in [1.54, 1.807) is 32.4 Å². The largest absolute Gasteiger partial charge is 0.418 e. The third kappa shape index (κ3) is 6.19. The van der Waals surface area contributed by atoms with E-state index >= 15 is 0 Å². The highest BCUT2D eigenvalue weighted by Gasteiger charge is 2.27. The molecule has 0 aromatic carbocycles. The summed E-state index contributed by atoms with van der Waals surface area (Å²) in [6.07, 6.45) is 9.98. The number of ether oxygens (including phenoxy) is 1. The van der Waals surface area contributed by atoms with Crippen molar-refractivity contribution in [3.05, 3.63) is 54.6 Å². The smallest absolute Gasteiger partial charge is 0.389 e. The highest BCUT2D eigenvalue weighted by molar-refractivity contribution is 6.02. The number of nitrogens with one attached hydrogen (secondary N) is 3. The van der Waals surface area contributed by atoms with Gasteiger partial charge in [-0.15, -0.1) is 0 Å². The molecule has 12 heteroatoms. The van der Waals surface area contributed by atoms with Gasteiger partial charge in [-0.25, -0.2) is 24.7 Å². The lowest BCUT2D eigenvalue weighted by molar-refractivity contribution is 0.0694. The second kappa shape index (κ2) is 9.75. The first-order valence-corrected chi connectivity index (χ1v) is 10.6. The summed E-state index contributed by atoms with van der Waals surface area (Å²) in [5.41, 5.74) is 0.477. The number of rotatable bonds is 8. The zero-order valence-corrected chi connectivity index (χ0v) is 18.6. The summed E-state index contributed by atoms with van der Waals surface area (Å²) < 4.78 is 5.46. The monoisotopic (exact) mass is 464 g/mol. The lowest BCUT2D eigenvalue weighted by Gasteiger charge is -2.18.